The Morgan fingerprint density at radius 3 is 2.86 bits per heavy atom. The maximum atomic E-state index is 9.61. The predicted molar refractivity (Wildman–Crippen MR) is 132 cm³/mol. The molecule has 0 radical (unpaired) electrons. The van der Waals surface area contributed by atoms with Crippen LogP contribution >= 0.6 is 0 Å². The maximum Gasteiger partial charge on any atom is 0.246 e. The summed E-state index contributed by atoms with van der Waals surface area (Å²) in [6.45, 7) is 4.87. The number of imidazole rings is 1. The Labute approximate surface area is 201 Å². The molecule has 0 saturated carbocycles. The van der Waals surface area contributed by atoms with E-state index in [9.17, 15) is 5.26 Å². The van der Waals surface area contributed by atoms with Crippen LogP contribution in [0.3, 0.4) is 0 Å². The van der Waals surface area contributed by atoms with Crippen LogP contribution in [-0.2, 0) is 6.54 Å². The largest absolute Gasteiger partial charge is 0.437 e. The van der Waals surface area contributed by atoms with E-state index in [1.54, 1.807) is 18.3 Å². The van der Waals surface area contributed by atoms with Gasteiger partial charge in [-0.1, -0.05) is 6.07 Å². The number of para-hydroxylation sites is 1. The van der Waals surface area contributed by atoms with Gasteiger partial charge in [-0.2, -0.15) is 10.4 Å². The fraction of sp³-hybridized carbons (Fsp3) is 0.269. The fourth-order valence-corrected chi connectivity index (χ4v) is 4.62. The van der Waals surface area contributed by atoms with E-state index < -0.39 is 0 Å². The van der Waals surface area contributed by atoms with Gasteiger partial charge in [-0.15, -0.1) is 0 Å². The topological polar surface area (TPSA) is 117 Å². The number of ether oxygens (including phenoxy) is 1. The van der Waals surface area contributed by atoms with Crippen LogP contribution in [0.5, 0.6) is 11.6 Å². The third-order valence-electron chi connectivity index (χ3n) is 6.38. The third-order valence-corrected chi connectivity index (χ3v) is 6.38. The summed E-state index contributed by atoms with van der Waals surface area (Å²) in [4.78, 5) is 17.3. The van der Waals surface area contributed by atoms with Crippen molar-refractivity contribution in [3.8, 4) is 29.0 Å². The number of aromatic nitrogens is 6. The lowest BCUT2D eigenvalue weighted by atomic mass is 9.98. The van der Waals surface area contributed by atoms with Gasteiger partial charge >= 0.3 is 0 Å². The van der Waals surface area contributed by atoms with E-state index in [2.05, 4.69) is 26.5 Å². The van der Waals surface area contributed by atoms with Crippen LogP contribution in [0.25, 0.3) is 33.3 Å². The molecule has 0 aliphatic carbocycles. The van der Waals surface area contributed by atoms with Crippen molar-refractivity contribution in [2.75, 3.05) is 13.1 Å². The molecular formula is C26H24N8O. The first kappa shape index (κ1) is 21.3. The number of aryl methyl sites for hydroxylation is 1. The standard InChI is InChI=1S/C26H24N8O/c1-16-30-21-6-5-20(11-23(21)31-16)35-26-25(33-24-18(12-27)3-2-4-22(24)32-26)19-13-29-34(15-19)14-17-7-9-28-10-8-17/h2-6,11,13,15,17,28H,7-10,14H2,1H3,(H,30,31). The molecule has 174 valence electrons. The molecule has 5 aromatic rings. The Morgan fingerprint density at radius 2 is 2.00 bits per heavy atom. The number of H-pyrrole nitrogens is 1. The average Bonchev–Trinajstić information content (AvgIpc) is 3.49. The van der Waals surface area contributed by atoms with Gasteiger partial charge in [0.25, 0.3) is 0 Å². The molecule has 3 aromatic heterocycles. The summed E-state index contributed by atoms with van der Waals surface area (Å²) in [6, 6.07) is 13.3. The van der Waals surface area contributed by atoms with Crippen LogP contribution in [0.4, 0.5) is 0 Å². The number of nitrogens with one attached hydrogen (secondary N) is 2. The molecule has 6 rings (SSSR count). The number of hydrogen-bond donors (Lipinski definition) is 2. The SMILES string of the molecule is Cc1nc2ccc(Oc3nc4cccc(C#N)c4nc3-c3cnn(CC4CCNCC4)c3)cc2[nH]1. The lowest BCUT2D eigenvalue weighted by Gasteiger charge is -2.22. The molecule has 1 fully saturated rings. The van der Waals surface area contributed by atoms with Gasteiger partial charge in [0, 0.05) is 24.4 Å². The molecule has 2 N–H and O–H groups in total. The molecule has 9 nitrogen and oxygen atoms in total. The van der Waals surface area contributed by atoms with Gasteiger partial charge in [0.05, 0.1) is 28.3 Å². The summed E-state index contributed by atoms with van der Waals surface area (Å²) in [5, 5.41) is 17.6. The number of benzene rings is 2. The Morgan fingerprint density at radius 1 is 1.11 bits per heavy atom. The van der Waals surface area contributed by atoms with E-state index in [-0.39, 0.29) is 0 Å². The van der Waals surface area contributed by atoms with Crippen molar-refractivity contribution in [1.82, 2.24) is 35.0 Å². The zero-order chi connectivity index (χ0) is 23.8. The Bertz CT molecular complexity index is 1570. The molecule has 0 unspecified atom stereocenters. The monoisotopic (exact) mass is 464 g/mol. The van der Waals surface area contributed by atoms with E-state index in [1.165, 1.54) is 0 Å². The van der Waals surface area contributed by atoms with Gasteiger partial charge in [-0.3, -0.25) is 4.68 Å². The first-order chi connectivity index (χ1) is 17.2. The minimum Gasteiger partial charge on any atom is -0.437 e. The first-order valence-corrected chi connectivity index (χ1v) is 11.7. The second kappa shape index (κ2) is 8.81. The second-order valence-electron chi connectivity index (χ2n) is 8.91. The van der Waals surface area contributed by atoms with Gasteiger partial charge in [0.1, 0.15) is 28.9 Å². The van der Waals surface area contributed by atoms with E-state index in [4.69, 9.17) is 14.7 Å². The molecule has 1 aliphatic rings. The van der Waals surface area contributed by atoms with Crippen molar-refractivity contribution in [2.24, 2.45) is 5.92 Å². The molecular weight excluding hydrogens is 440 g/mol. The highest BCUT2D eigenvalue weighted by molar-refractivity contribution is 5.84. The van der Waals surface area contributed by atoms with Crippen LogP contribution in [0, 0.1) is 24.2 Å². The molecule has 4 heterocycles. The molecule has 0 bridgehead atoms. The lowest BCUT2D eigenvalue weighted by Crippen LogP contribution is -2.29. The molecule has 0 amide bonds. The lowest BCUT2D eigenvalue weighted by molar-refractivity contribution is 0.321. The zero-order valence-corrected chi connectivity index (χ0v) is 19.3. The molecule has 9 heteroatoms. The van der Waals surface area contributed by atoms with Crippen LogP contribution in [0.2, 0.25) is 0 Å². The summed E-state index contributed by atoms with van der Waals surface area (Å²) in [6.07, 6.45) is 6.06. The van der Waals surface area contributed by atoms with E-state index >= 15 is 0 Å². The van der Waals surface area contributed by atoms with E-state index in [1.807, 2.05) is 42.1 Å². The van der Waals surface area contributed by atoms with Crippen LogP contribution in [0.1, 0.15) is 24.2 Å². The summed E-state index contributed by atoms with van der Waals surface area (Å²) in [5.41, 5.74) is 4.73. The summed E-state index contributed by atoms with van der Waals surface area (Å²) in [5.74, 6) is 2.42. The minimum absolute atomic E-state index is 0.365. The van der Waals surface area contributed by atoms with Gasteiger partial charge in [-0.05, 0) is 63.0 Å². The molecule has 1 aliphatic heterocycles. The molecule has 1 saturated heterocycles. The van der Waals surface area contributed by atoms with Crippen molar-refractivity contribution in [3.63, 3.8) is 0 Å². The Kier molecular flexibility index (Phi) is 5.35. The molecule has 0 atom stereocenters. The number of hydrogen-bond acceptors (Lipinski definition) is 7. The van der Waals surface area contributed by atoms with Crippen molar-refractivity contribution in [3.05, 3.63) is 60.2 Å². The highest BCUT2D eigenvalue weighted by Gasteiger charge is 2.19. The first-order valence-electron chi connectivity index (χ1n) is 11.7. The normalized spacial score (nSPS) is 14.4. The van der Waals surface area contributed by atoms with Crippen LogP contribution in [-0.4, -0.2) is 42.8 Å². The zero-order valence-electron chi connectivity index (χ0n) is 19.3. The van der Waals surface area contributed by atoms with Crippen molar-refractivity contribution in [2.45, 2.75) is 26.3 Å². The molecule has 2 aromatic carbocycles. The highest BCUT2D eigenvalue weighted by atomic mass is 16.5. The number of nitriles is 1. The summed E-state index contributed by atoms with van der Waals surface area (Å²) >= 11 is 0. The number of nitrogens with zero attached hydrogens (tertiary/aromatic N) is 6. The van der Waals surface area contributed by atoms with Crippen molar-refractivity contribution in [1.29, 1.82) is 5.26 Å². The second-order valence-corrected chi connectivity index (χ2v) is 8.91. The van der Waals surface area contributed by atoms with Crippen molar-refractivity contribution < 1.29 is 4.74 Å². The van der Waals surface area contributed by atoms with Gasteiger partial charge in [0.15, 0.2) is 0 Å². The minimum atomic E-state index is 0.365. The number of rotatable bonds is 5. The quantitative estimate of drug-likeness (QED) is 0.397. The summed E-state index contributed by atoms with van der Waals surface area (Å²) in [7, 11) is 0. The molecule has 35 heavy (non-hydrogen) atoms. The average molecular weight is 465 g/mol. The number of aromatic amines is 1. The highest BCUT2D eigenvalue weighted by Crippen LogP contribution is 2.33. The van der Waals surface area contributed by atoms with E-state index in [0.717, 1.165) is 54.9 Å². The van der Waals surface area contributed by atoms with Gasteiger partial charge in [-0.25, -0.2) is 15.0 Å². The number of piperidine rings is 1. The van der Waals surface area contributed by atoms with Crippen molar-refractivity contribution >= 4 is 22.1 Å². The van der Waals surface area contributed by atoms with Crippen LogP contribution < -0.4 is 10.1 Å². The number of fused-ring (bicyclic) bond motifs is 2. The molecule has 0 spiro atoms. The fourth-order valence-electron chi connectivity index (χ4n) is 4.62. The van der Waals surface area contributed by atoms with Crippen LogP contribution in [0.15, 0.2) is 48.8 Å². The Hall–Kier alpha value is -4.29. The van der Waals surface area contributed by atoms with E-state index in [0.29, 0.717) is 39.8 Å². The van der Waals surface area contributed by atoms with Gasteiger partial charge in [0.2, 0.25) is 5.88 Å². The smallest absolute Gasteiger partial charge is 0.246 e. The summed E-state index contributed by atoms with van der Waals surface area (Å²) < 4.78 is 8.24. The third kappa shape index (κ3) is 4.20. The Balaban J connectivity index is 1.41. The maximum absolute atomic E-state index is 9.61. The van der Waals surface area contributed by atoms with Gasteiger partial charge < -0.3 is 15.0 Å². The predicted octanol–water partition coefficient (Wildman–Crippen LogP) is 4.34.